The molecule has 216 valence electrons. The van der Waals surface area contributed by atoms with Crippen LogP contribution in [0.2, 0.25) is 0 Å². The summed E-state index contributed by atoms with van der Waals surface area (Å²) in [5.74, 6) is 2.07. The summed E-state index contributed by atoms with van der Waals surface area (Å²) in [5, 5.41) is 0. The third kappa shape index (κ3) is 21.2. The number of phosphoric ester groups is 1. The van der Waals surface area contributed by atoms with Gasteiger partial charge in [-0.3, -0.25) is 9.05 Å². The number of quaternary nitrogens is 1. The van der Waals surface area contributed by atoms with Crippen LogP contribution in [0.4, 0.5) is 0 Å². The number of benzene rings is 1. The molecule has 0 aliphatic carbocycles. The van der Waals surface area contributed by atoms with Gasteiger partial charge in [0.2, 0.25) is 0 Å². The maximum atomic E-state index is 12.4. The first-order valence-electron chi connectivity index (χ1n) is 14.8. The Kier molecular flexibility index (Phi) is 20.1. The van der Waals surface area contributed by atoms with Gasteiger partial charge in [-0.25, -0.2) is 4.57 Å². The van der Waals surface area contributed by atoms with Crippen molar-refractivity contribution in [2.45, 2.75) is 103 Å². The van der Waals surface area contributed by atoms with E-state index in [-0.39, 0.29) is 19.1 Å². The predicted octanol–water partition coefficient (Wildman–Crippen LogP) is 8.82. The third-order valence-corrected chi connectivity index (χ3v) is 8.89. The Morgan fingerprint density at radius 1 is 0.811 bits per heavy atom. The van der Waals surface area contributed by atoms with Crippen LogP contribution >= 0.6 is 19.6 Å². The Hall–Kier alpha value is -0.360. The topological polar surface area (TPSA) is 55.8 Å². The largest absolute Gasteiger partial charge is 0.472 e. The number of thioether (sulfide) groups is 1. The minimum atomic E-state index is -4.05. The standard InChI is InChI=1S/C30H56NO4PS/c1-5-6-7-8-9-10-11-12-13-14-15-16-17-21-26-37-28-30(29-22-19-18-20-23-29)27-35-36(32,33)34-25-24-31(2,3)4/h18-20,22-23,30H,5-17,21,24-28H2,1-4H3/p+1. The summed E-state index contributed by atoms with van der Waals surface area (Å²) in [7, 11) is 2.01. The molecule has 1 N–H and O–H groups in total. The fourth-order valence-corrected chi connectivity index (χ4v) is 6.14. The second-order valence-corrected chi connectivity index (χ2v) is 14.0. The van der Waals surface area contributed by atoms with Crippen molar-refractivity contribution >= 4 is 19.6 Å². The van der Waals surface area contributed by atoms with E-state index in [0.717, 1.165) is 17.1 Å². The lowest BCUT2D eigenvalue weighted by Gasteiger charge is -2.24. The number of rotatable bonds is 25. The van der Waals surface area contributed by atoms with E-state index < -0.39 is 7.82 Å². The second-order valence-electron chi connectivity index (χ2n) is 11.4. The molecule has 2 unspecified atom stereocenters. The van der Waals surface area contributed by atoms with Gasteiger partial charge in [0.25, 0.3) is 0 Å². The summed E-state index contributed by atoms with van der Waals surface area (Å²) >= 11 is 1.92. The maximum absolute atomic E-state index is 12.4. The molecule has 0 aliphatic heterocycles. The van der Waals surface area contributed by atoms with Crippen molar-refractivity contribution in [2.24, 2.45) is 0 Å². The van der Waals surface area contributed by atoms with Crippen LogP contribution in [-0.2, 0) is 13.6 Å². The van der Waals surface area contributed by atoms with Crippen LogP contribution in [0.25, 0.3) is 0 Å². The van der Waals surface area contributed by atoms with Crippen LogP contribution in [0.3, 0.4) is 0 Å². The van der Waals surface area contributed by atoms with Gasteiger partial charge in [-0.1, -0.05) is 121 Å². The zero-order valence-corrected chi connectivity index (χ0v) is 26.1. The third-order valence-electron chi connectivity index (χ3n) is 6.69. The smallest absolute Gasteiger partial charge is 0.329 e. The molecule has 1 aromatic rings. The van der Waals surface area contributed by atoms with E-state index in [1.165, 1.54) is 89.9 Å². The summed E-state index contributed by atoms with van der Waals surface area (Å²) in [6.45, 7) is 3.31. The van der Waals surface area contributed by atoms with Crippen molar-refractivity contribution in [3.05, 3.63) is 35.9 Å². The van der Waals surface area contributed by atoms with E-state index in [1.807, 2.05) is 51.1 Å². The van der Waals surface area contributed by atoms with Crippen LogP contribution in [-0.4, -0.2) is 61.8 Å². The highest BCUT2D eigenvalue weighted by atomic mass is 32.2. The molecule has 0 bridgehead atoms. The Balaban J connectivity index is 2.16. The van der Waals surface area contributed by atoms with Gasteiger partial charge in [0.15, 0.2) is 0 Å². The van der Waals surface area contributed by atoms with Crippen LogP contribution < -0.4 is 0 Å². The Morgan fingerprint density at radius 3 is 1.84 bits per heavy atom. The lowest BCUT2D eigenvalue weighted by molar-refractivity contribution is -0.870. The first-order valence-corrected chi connectivity index (χ1v) is 17.4. The molecule has 37 heavy (non-hydrogen) atoms. The van der Waals surface area contributed by atoms with Crippen molar-refractivity contribution in [1.82, 2.24) is 0 Å². The van der Waals surface area contributed by atoms with Gasteiger partial charge in [0, 0.05) is 11.7 Å². The Bertz CT molecular complexity index is 699. The Morgan fingerprint density at radius 2 is 1.32 bits per heavy atom. The molecular weight excluding hydrogens is 501 g/mol. The van der Waals surface area contributed by atoms with Crippen LogP contribution in [0.5, 0.6) is 0 Å². The first kappa shape index (κ1) is 34.7. The van der Waals surface area contributed by atoms with E-state index >= 15 is 0 Å². The fourth-order valence-electron chi connectivity index (χ4n) is 4.24. The highest BCUT2D eigenvalue weighted by Gasteiger charge is 2.25. The lowest BCUT2D eigenvalue weighted by atomic mass is 10.0. The van der Waals surface area contributed by atoms with E-state index in [2.05, 4.69) is 19.1 Å². The highest BCUT2D eigenvalue weighted by molar-refractivity contribution is 7.99. The van der Waals surface area contributed by atoms with Gasteiger partial charge >= 0.3 is 7.82 Å². The summed E-state index contributed by atoms with van der Waals surface area (Å²) in [6.07, 6.45) is 19.3. The summed E-state index contributed by atoms with van der Waals surface area (Å²) < 4.78 is 23.6. The zero-order chi connectivity index (χ0) is 27.2. The molecular formula is C30H57NO4PS+. The van der Waals surface area contributed by atoms with Crippen LogP contribution in [0.1, 0.15) is 108 Å². The van der Waals surface area contributed by atoms with Gasteiger partial charge in [-0.2, -0.15) is 11.8 Å². The average Bonchev–Trinajstić information content (AvgIpc) is 2.85. The summed E-state index contributed by atoms with van der Waals surface area (Å²) in [6, 6.07) is 10.2. The predicted molar refractivity (Wildman–Crippen MR) is 161 cm³/mol. The molecule has 0 heterocycles. The highest BCUT2D eigenvalue weighted by Crippen LogP contribution is 2.44. The molecule has 0 spiro atoms. The van der Waals surface area contributed by atoms with Crippen molar-refractivity contribution < 1.29 is 23.0 Å². The van der Waals surface area contributed by atoms with Gasteiger partial charge in [0.1, 0.15) is 13.2 Å². The van der Waals surface area contributed by atoms with E-state index in [9.17, 15) is 9.46 Å². The fraction of sp³-hybridized carbons (Fsp3) is 0.800. The number of phosphoric acid groups is 1. The number of unbranched alkanes of at least 4 members (excludes halogenated alkanes) is 13. The number of hydrogen-bond acceptors (Lipinski definition) is 4. The molecule has 0 fully saturated rings. The van der Waals surface area contributed by atoms with Gasteiger partial charge in [-0.15, -0.1) is 0 Å². The van der Waals surface area contributed by atoms with Crippen molar-refractivity contribution in [1.29, 1.82) is 0 Å². The first-order chi connectivity index (χ1) is 17.7. The number of nitrogens with zero attached hydrogens (tertiary/aromatic N) is 1. The van der Waals surface area contributed by atoms with Crippen LogP contribution in [0.15, 0.2) is 30.3 Å². The molecule has 1 rings (SSSR count). The van der Waals surface area contributed by atoms with Crippen molar-refractivity contribution in [2.75, 3.05) is 52.4 Å². The normalized spacial score (nSPS) is 14.5. The van der Waals surface area contributed by atoms with Gasteiger partial charge in [-0.05, 0) is 17.7 Å². The minimum absolute atomic E-state index is 0.0697. The SMILES string of the molecule is CCCCCCCCCCCCCCCCSCC(COP(=O)(O)OCC[N+](C)(C)C)c1ccccc1. The lowest BCUT2D eigenvalue weighted by Crippen LogP contribution is -2.37. The van der Waals surface area contributed by atoms with Crippen LogP contribution in [0, 0.1) is 0 Å². The molecule has 0 aliphatic rings. The molecule has 7 heteroatoms. The van der Waals surface area contributed by atoms with Crippen molar-refractivity contribution in [3.8, 4) is 0 Å². The quantitative estimate of drug-likeness (QED) is 0.0738. The Labute approximate surface area is 233 Å². The second kappa shape index (κ2) is 21.5. The number of likely N-dealkylation sites (N-methyl/N-ethyl adjacent to an activating group) is 1. The molecule has 2 atom stereocenters. The molecule has 0 radical (unpaired) electrons. The maximum Gasteiger partial charge on any atom is 0.472 e. The molecule has 0 aromatic heterocycles. The zero-order valence-electron chi connectivity index (χ0n) is 24.4. The molecule has 0 saturated heterocycles. The average molecular weight is 559 g/mol. The van der Waals surface area contributed by atoms with E-state index in [4.69, 9.17) is 9.05 Å². The molecule has 5 nitrogen and oxygen atoms in total. The van der Waals surface area contributed by atoms with Crippen molar-refractivity contribution in [3.63, 3.8) is 0 Å². The van der Waals surface area contributed by atoms with E-state index in [1.54, 1.807) is 0 Å². The molecule has 1 aromatic carbocycles. The monoisotopic (exact) mass is 558 g/mol. The minimum Gasteiger partial charge on any atom is -0.329 e. The van der Waals surface area contributed by atoms with E-state index in [0.29, 0.717) is 11.0 Å². The molecule has 0 amide bonds. The summed E-state index contributed by atoms with van der Waals surface area (Å²) in [5.41, 5.74) is 1.14. The van der Waals surface area contributed by atoms with Gasteiger partial charge < -0.3 is 9.38 Å². The number of hydrogen-bond donors (Lipinski definition) is 1. The summed E-state index contributed by atoms with van der Waals surface area (Å²) in [4.78, 5) is 10.1. The molecule has 0 saturated carbocycles. The van der Waals surface area contributed by atoms with Gasteiger partial charge in [0.05, 0.1) is 27.7 Å².